The minimum atomic E-state index is 0.773. The molecule has 0 aliphatic rings. The lowest BCUT2D eigenvalue weighted by atomic mass is 10.2. The Morgan fingerprint density at radius 3 is 2.75 bits per heavy atom. The van der Waals surface area contributed by atoms with Gasteiger partial charge in [0, 0.05) is 25.0 Å². The van der Waals surface area contributed by atoms with Gasteiger partial charge in [-0.25, -0.2) is 0 Å². The highest BCUT2D eigenvalue weighted by Crippen LogP contribution is 2.06. The minimum Gasteiger partial charge on any atom is -0.399 e. The van der Waals surface area contributed by atoms with E-state index >= 15 is 0 Å². The first-order valence-electron chi connectivity index (χ1n) is 5.29. The molecule has 0 radical (unpaired) electrons. The van der Waals surface area contributed by atoms with Crippen molar-refractivity contribution in [2.75, 3.05) is 5.73 Å². The van der Waals surface area contributed by atoms with Crippen LogP contribution in [0.1, 0.15) is 11.3 Å². The van der Waals surface area contributed by atoms with Crippen molar-refractivity contribution in [2.24, 2.45) is 0 Å². The van der Waals surface area contributed by atoms with E-state index in [1.54, 1.807) is 6.20 Å². The zero-order chi connectivity index (χ0) is 11.2. The minimum absolute atomic E-state index is 0.773. The third kappa shape index (κ3) is 3.07. The lowest BCUT2D eigenvalue weighted by Crippen LogP contribution is -2.13. The number of rotatable bonds is 4. The number of pyridine rings is 1. The maximum atomic E-state index is 5.70. The van der Waals surface area contributed by atoms with Crippen molar-refractivity contribution >= 4 is 5.69 Å². The predicted octanol–water partition coefficient (Wildman–Crippen LogP) is 1.95. The predicted molar refractivity (Wildman–Crippen MR) is 65.6 cm³/mol. The largest absolute Gasteiger partial charge is 0.399 e. The van der Waals surface area contributed by atoms with Crippen molar-refractivity contribution in [2.45, 2.75) is 13.1 Å². The summed E-state index contributed by atoms with van der Waals surface area (Å²) in [5.41, 5.74) is 8.74. The summed E-state index contributed by atoms with van der Waals surface area (Å²) in [6, 6.07) is 13.8. The number of hydrogen-bond acceptors (Lipinski definition) is 3. The fraction of sp³-hybridized carbons (Fsp3) is 0.154. The average molecular weight is 213 g/mol. The van der Waals surface area contributed by atoms with Gasteiger partial charge in [-0.05, 0) is 29.8 Å². The van der Waals surface area contributed by atoms with Crippen LogP contribution in [-0.2, 0) is 13.1 Å². The number of nitrogens with two attached hydrogens (primary N) is 1. The maximum Gasteiger partial charge on any atom is 0.0541 e. The van der Waals surface area contributed by atoms with Crippen molar-refractivity contribution in [3.63, 3.8) is 0 Å². The molecule has 0 fully saturated rings. The molecule has 3 heteroatoms. The van der Waals surface area contributed by atoms with Gasteiger partial charge in [-0.3, -0.25) is 4.98 Å². The van der Waals surface area contributed by atoms with E-state index in [9.17, 15) is 0 Å². The number of aromatic nitrogens is 1. The zero-order valence-corrected chi connectivity index (χ0v) is 9.06. The van der Waals surface area contributed by atoms with E-state index in [0.717, 1.165) is 24.5 Å². The molecule has 0 saturated heterocycles. The third-order valence-electron chi connectivity index (χ3n) is 2.31. The Hall–Kier alpha value is -1.87. The molecular weight excluding hydrogens is 198 g/mol. The van der Waals surface area contributed by atoms with E-state index in [0.29, 0.717) is 0 Å². The molecule has 1 aromatic carbocycles. The normalized spacial score (nSPS) is 10.2. The summed E-state index contributed by atoms with van der Waals surface area (Å²) in [5, 5.41) is 3.33. The van der Waals surface area contributed by atoms with Gasteiger partial charge < -0.3 is 11.1 Å². The molecule has 2 rings (SSSR count). The second-order valence-corrected chi connectivity index (χ2v) is 3.67. The number of anilines is 1. The molecule has 0 aliphatic carbocycles. The van der Waals surface area contributed by atoms with Crippen LogP contribution in [0.25, 0.3) is 0 Å². The van der Waals surface area contributed by atoms with Crippen molar-refractivity contribution in [3.05, 3.63) is 59.9 Å². The van der Waals surface area contributed by atoms with Crippen LogP contribution < -0.4 is 11.1 Å². The molecule has 0 bridgehead atoms. The third-order valence-corrected chi connectivity index (χ3v) is 2.31. The van der Waals surface area contributed by atoms with Crippen LogP contribution in [0.2, 0.25) is 0 Å². The molecule has 0 amide bonds. The standard InChI is InChI=1S/C13H15N3/c14-12-5-3-4-11(8-12)9-15-10-13-6-1-2-7-16-13/h1-8,15H,9-10,14H2. The average Bonchev–Trinajstić information content (AvgIpc) is 2.30. The first kappa shape index (κ1) is 10.6. The quantitative estimate of drug-likeness (QED) is 0.763. The number of nitrogens with zero attached hydrogens (tertiary/aromatic N) is 1. The first-order chi connectivity index (χ1) is 7.84. The lowest BCUT2D eigenvalue weighted by Gasteiger charge is -2.05. The second kappa shape index (κ2) is 5.28. The van der Waals surface area contributed by atoms with Crippen LogP contribution in [0, 0.1) is 0 Å². The van der Waals surface area contributed by atoms with Crippen LogP contribution in [0.4, 0.5) is 5.69 Å². The van der Waals surface area contributed by atoms with Gasteiger partial charge in [0.25, 0.3) is 0 Å². The Labute approximate surface area is 95.3 Å². The Morgan fingerprint density at radius 1 is 1.06 bits per heavy atom. The van der Waals surface area contributed by atoms with Crippen LogP contribution >= 0.6 is 0 Å². The Kier molecular flexibility index (Phi) is 3.51. The molecule has 0 atom stereocenters. The van der Waals surface area contributed by atoms with E-state index in [4.69, 9.17) is 5.73 Å². The Balaban J connectivity index is 1.85. The van der Waals surface area contributed by atoms with E-state index in [2.05, 4.69) is 16.4 Å². The SMILES string of the molecule is Nc1cccc(CNCc2ccccn2)c1. The van der Waals surface area contributed by atoms with Crippen LogP contribution in [-0.4, -0.2) is 4.98 Å². The molecule has 82 valence electrons. The summed E-state index contributed by atoms with van der Waals surface area (Å²) in [7, 11) is 0. The molecule has 3 N–H and O–H groups in total. The Morgan fingerprint density at radius 2 is 2.00 bits per heavy atom. The molecule has 16 heavy (non-hydrogen) atoms. The summed E-state index contributed by atoms with van der Waals surface area (Å²) in [6.07, 6.45) is 1.80. The summed E-state index contributed by atoms with van der Waals surface area (Å²) in [4.78, 5) is 4.24. The highest BCUT2D eigenvalue weighted by molar-refractivity contribution is 5.40. The van der Waals surface area contributed by atoms with Crippen molar-refractivity contribution < 1.29 is 0 Å². The topological polar surface area (TPSA) is 50.9 Å². The smallest absolute Gasteiger partial charge is 0.0541 e. The fourth-order valence-electron chi connectivity index (χ4n) is 1.54. The monoisotopic (exact) mass is 213 g/mol. The van der Waals surface area contributed by atoms with Gasteiger partial charge in [-0.1, -0.05) is 18.2 Å². The molecule has 3 nitrogen and oxygen atoms in total. The molecule has 0 unspecified atom stereocenters. The molecule has 0 saturated carbocycles. The van der Waals surface area contributed by atoms with E-state index in [-0.39, 0.29) is 0 Å². The number of nitrogens with one attached hydrogen (secondary N) is 1. The van der Waals surface area contributed by atoms with E-state index < -0.39 is 0 Å². The molecule has 0 aliphatic heterocycles. The van der Waals surface area contributed by atoms with Gasteiger partial charge in [-0.2, -0.15) is 0 Å². The van der Waals surface area contributed by atoms with Crippen molar-refractivity contribution in [3.8, 4) is 0 Å². The molecule has 1 heterocycles. The van der Waals surface area contributed by atoms with Gasteiger partial charge in [0.2, 0.25) is 0 Å². The molecule has 0 spiro atoms. The number of hydrogen-bond donors (Lipinski definition) is 2. The van der Waals surface area contributed by atoms with Crippen molar-refractivity contribution in [1.29, 1.82) is 0 Å². The van der Waals surface area contributed by atoms with Gasteiger partial charge in [-0.15, -0.1) is 0 Å². The highest BCUT2D eigenvalue weighted by Gasteiger charge is 1.94. The number of nitrogen functional groups attached to an aromatic ring is 1. The van der Waals surface area contributed by atoms with Gasteiger partial charge >= 0.3 is 0 Å². The molecule has 1 aromatic heterocycles. The lowest BCUT2D eigenvalue weighted by molar-refractivity contribution is 0.680. The van der Waals surface area contributed by atoms with Crippen LogP contribution in [0.15, 0.2) is 48.7 Å². The zero-order valence-electron chi connectivity index (χ0n) is 9.06. The summed E-state index contributed by atoms with van der Waals surface area (Å²) < 4.78 is 0. The van der Waals surface area contributed by atoms with Crippen LogP contribution in [0.3, 0.4) is 0 Å². The summed E-state index contributed by atoms with van der Waals surface area (Å²) in [5.74, 6) is 0. The van der Waals surface area contributed by atoms with Gasteiger partial charge in [0.05, 0.1) is 5.69 Å². The maximum absolute atomic E-state index is 5.70. The molecular formula is C13H15N3. The van der Waals surface area contributed by atoms with Crippen LogP contribution in [0.5, 0.6) is 0 Å². The van der Waals surface area contributed by atoms with E-state index in [1.165, 1.54) is 5.56 Å². The fourth-order valence-corrected chi connectivity index (χ4v) is 1.54. The Bertz CT molecular complexity index is 440. The van der Waals surface area contributed by atoms with Gasteiger partial charge in [0.1, 0.15) is 0 Å². The van der Waals surface area contributed by atoms with Crippen molar-refractivity contribution in [1.82, 2.24) is 10.3 Å². The molecule has 2 aromatic rings. The summed E-state index contributed by atoms with van der Waals surface area (Å²) >= 11 is 0. The second-order valence-electron chi connectivity index (χ2n) is 3.67. The summed E-state index contributed by atoms with van der Waals surface area (Å²) in [6.45, 7) is 1.58. The van der Waals surface area contributed by atoms with Gasteiger partial charge in [0.15, 0.2) is 0 Å². The highest BCUT2D eigenvalue weighted by atomic mass is 14.9. The van der Waals surface area contributed by atoms with E-state index in [1.807, 2.05) is 36.4 Å². The first-order valence-corrected chi connectivity index (χ1v) is 5.29. The number of benzene rings is 1.